The van der Waals surface area contributed by atoms with Crippen LogP contribution in [-0.4, -0.2) is 7.28 Å². The predicted octanol–water partition coefficient (Wildman–Crippen LogP) is 4.46. The zero-order valence-electron chi connectivity index (χ0n) is 9.60. The van der Waals surface area contributed by atoms with E-state index in [4.69, 9.17) is 0 Å². The van der Waals surface area contributed by atoms with E-state index in [0.717, 1.165) is 5.82 Å². The maximum absolute atomic E-state index is 3.91. The molecule has 0 aliphatic rings. The van der Waals surface area contributed by atoms with E-state index >= 15 is 0 Å². The van der Waals surface area contributed by atoms with Crippen molar-refractivity contribution in [3.8, 4) is 0 Å². The van der Waals surface area contributed by atoms with E-state index in [1.807, 2.05) is 0 Å². The molecule has 0 bridgehead atoms. The van der Waals surface area contributed by atoms with E-state index in [0.29, 0.717) is 0 Å². The van der Waals surface area contributed by atoms with Crippen LogP contribution in [0.5, 0.6) is 0 Å². The van der Waals surface area contributed by atoms with Crippen molar-refractivity contribution in [1.29, 1.82) is 0 Å². The van der Waals surface area contributed by atoms with Gasteiger partial charge in [-0.1, -0.05) is 57.2 Å². The number of hydrogen-bond acceptors (Lipinski definition) is 0. The summed E-state index contributed by atoms with van der Waals surface area (Å²) in [7, 11) is 2.47. The highest BCUT2D eigenvalue weighted by molar-refractivity contribution is 6.37. The summed E-state index contributed by atoms with van der Waals surface area (Å²) in [5.41, 5.74) is 1.31. The summed E-state index contributed by atoms with van der Waals surface area (Å²) in [5.74, 6) is 0.810. The number of unbranched alkanes of at least 4 members (excludes halogenated alkanes) is 1. The Bertz CT molecular complexity index is 129. The van der Waals surface area contributed by atoms with Crippen LogP contribution in [0.3, 0.4) is 0 Å². The van der Waals surface area contributed by atoms with Crippen molar-refractivity contribution in [2.45, 2.75) is 65.0 Å². The molecule has 0 heterocycles. The fourth-order valence-corrected chi connectivity index (χ4v) is 1.45. The smallest absolute Gasteiger partial charge is 0.100 e. The largest absolute Gasteiger partial charge is 0.113 e. The first-order valence-electron chi connectivity index (χ1n) is 5.64. The summed E-state index contributed by atoms with van der Waals surface area (Å²) in [6.07, 6.45) is 7.80. The van der Waals surface area contributed by atoms with Gasteiger partial charge in [-0.3, -0.25) is 0 Å². The number of hydrogen-bond donors (Lipinski definition) is 0. The van der Waals surface area contributed by atoms with E-state index in [9.17, 15) is 0 Å². The molecule has 1 heteroatoms. The van der Waals surface area contributed by atoms with Crippen molar-refractivity contribution in [2.24, 2.45) is 0 Å². The fraction of sp³-hybridized carbons (Fsp3) is 0.833. The maximum Gasteiger partial charge on any atom is 0.113 e. The molecule has 1 unspecified atom stereocenters. The summed E-state index contributed by atoms with van der Waals surface area (Å²) < 4.78 is 0. The molecule has 0 saturated heterocycles. The highest BCUT2D eigenvalue weighted by Crippen LogP contribution is 2.15. The van der Waals surface area contributed by atoms with Crippen LogP contribution in [0.4, 0.5) is 0 Å². The predicted molar refractivity (Wildman–Crippen MR) is 63.6 cm³/mol. The van der Waals surface area contributed by atoms with Gasteiger partial charge in [-0.05, 0) is 13.3 Å². The third-order valence-electron chi connectivity index (χ3n) is 2.39. The summed E-state index contributed by atoms with van der Waals surface area (Å²) in [4.78, 5) is 0. The van der Waals surface area contributed by atoms with Crippen LogP contribution in [0.15, 0.2) is 12.2 Å². The first kappa shape index (κ1) is 12.8. The Hall–Kier alpha value is -0.195. The van der Waals surface area contributed by atoms with Crippen LogP contribution in [0.25, 0.3) is 0 Å². The van der Waals surface area contributed by atoms with Crippen molar-refractivity contribution in [3.63, 3.8) is 0 Å². The number of rotatable bonds is 8. The second kappa shape index (κ2) is 8.41. The average molecular weight is 179 g/mol. The summed E-state index contributed by atoms with van der Waals surface area (Å²) in [6, 6.07) is 0. The highest BCUT2D eigenvalue weighted by atomic mass is 13.9. The van der Waals surface area contributed by atoms with Crippen molar-refractivity contribution >= 4 is 7.28 Å². The van der Waals surface area contributed by atoms with E-state index in [-0.39, 0.29) is 0 Å². The Morgan fingerprint density at radius 2 is 2.08 bits per heavy atom. The third-order valence-corrected chi connectivity index (χ3v) is 2.39. The first-order chi connectivity index (χ1) is 6.16. The Morgan fingerprint density at radius 1 is 1.38 bits per heavy atom. The second-order valence-corrected chi connectivity index (χ2v) is 4.20. The summed E-state index contributed by atoms with van der Waals surface area (Å²) in [6.45, 7) is 10.6. The van der Waals surface area contributed by atoms with Gasteiger partial charge in [0, 0.05) is 0 Å². The summed E-state index contributed by atoms with van der Waals surface area (Å²) >= 11 is 0. The molecule has 0 aromatic heterocycles. The first-order valence-corrected chi connectivity index (χ1v) is 5.64. The molecule has 0 aromatic carbocycles. The van der Waals surface area contributed by atoms with Gasteiger partial charge in [0.1, 0.15) is 7.28 Å². The van der Waals surface area contributed by atoms with E-state index < -0.39 is 0 Å². The zero-order chi connectivity index (χ0) is 10.1. The zero-order valence-corrected chi connectivity index (χ0v) is 9.60. The molecule has 75 valence electrons. The van der Waals surface area contributed by atoms with Gasteiger partial charge in [-0.15, -0.1) is 6.58 Å². The monoisotopic (exact) mass is 179 g/mol. The van der Waals surface area contributed by atoms with Gasteiger partial charge in [0.25, 0.3) is 0 Å². The molecule has 0 amide bonds. The lowest BCUT2D eigenvalue weighted by Crippen LogP contribution is -1.99. The fourth-order valence-electron chi connectivity index (χ4n) is 1.45. The third kappa shape index (κ3) is 9.72. The topological polar surface area (TPSA) is 0 Å². The van der Waals surface area contributed by atoms with Crippen molar-refractivity contribution in [3.05, 3.63) is 12.2 Å². The minimum atomic E-state index is 0.810. The minimum absolute atomic E-state index is 0.810. The molecule has 0 rings (SSSR count). The van der Waals surface area contributed by atoms with E-state index in [1.54, 1.807) is 0 Å². The van der Waals surface area contributed by atoms with Crippen LogP contribution < -0.4 is 0 Å². The Kier molecular flexibility index (Phi) is 8.28. The van der Waals surface area contributed by atoms with Gasteiger partial charge in [-0.25, -0.2) is 0 Å². The van der Waals surface area contributed by atoms with Gasteiger partial charge < -0.3 is 0 Å². The van der Waals surface area contributed by atoms with Gasteiger partial charge in [0.15, 0.2) is 0 Å². The molecule has 0 nitrogen and oxygen atoms in total. The molecule has 0 N–H and O–H groups in total. The highest BCUT2D eigenvalue weighted by Gasteiger charge is 2.02. The number of allylic oxidation sites excluding steroid dienone is 1. The normalized spacial score (nSPS) is 12.5. The average Bonchev–Trinajstić information content (AvgIpc) is 2.08. The summed E-state index contributed by atoms with van der Waals surface area (Å²) in [5, 5.41) is 0. The second-order valence-electron chi connectivity index (χ2n) is 4.20. The molecule has 1 radical (unpaired) electrons. The maximum atomic E-state index is 3.91. The molecule has 1 atom stereocenters. The van der Waals surface area contributed by atoms with Gasteiger partial charge in [-0.2, -0.15) is 0 Å². The van der Waals surface area contributed by atoms with Crippen LogP contribution in [0, 0.1) is 0 Å². The lowest BCUT2D eigenvalue weighted by atomic mass is 9.60. The molecule has 0 aromatic rings. The van der Waals surface area contributed by atoms with Gasteiger partial charge >= 0.3 is 0 Å². The Labute approximate surface area is 85.1 Å². The van der Waals surface area contributed by atoms with Crippen LogP contribution >= 0.6 is 0 Å². The Morgan fingerprint density at radius 3 is 2.62 bits per heavy atom. The minimum Gasteiger partial charge on any atom is -0.100 e. The Balaban J connectivity index is 3.16. The molecular formula is C12H24B. The van der Waals surface area contributed by atoms with Crippen LogP contribution in [0.2, 0.25) is 12.1 Å². The van der Waals surface area contributed by atoms with Crippen LogP contribution in [-0.2, 0) is 0 Å². The van der Waals surface area contributed by atoms with E-state index in [2.05, 4.69) is 34.6 Å². The van der Waals surface area contributed by atoms with E-state index in [1.165, 1.54) is 44.0 Å². The quantitative estimate of drug-likeness (QED) is 0.293. The van der Waals surface area contributed by atoms with Crippen molar-refractivity contribution in [1.82, 2.24) is 0 Å². The van der Waals surface area contributed by atoms with Crippen molar-refractivity contribution < 1.29 is 0 Å². The molecule has 0 spiro atoms. The molecular weight excluding hydrogens is 155 g/mol. The molecule has 13 heavy (non-hydrogen) atoms. The standard InChI is InChI=1S/C12H24B/c1-5-6-9-12(4)13-10-7-8-11(2)3/h12H,2,5-10H2,1,3-4H3. The molecule has 0 aliphatic heterocycles. The molecule has 0 aliphatic carbocycles. The van der Waals surface area contributed by atoms with Gasteiger partial charge in [0.05, 0.1) is 0 Å². The molecule has 0 saturated carbocycles. The lowest BCUT2D eigenvalue weighted by Gasteiger charge is -2.08. The molecule has 0 fully saturated rings. The SMILES string of the molecule is C=C(C)CCC[B]C(C)CCCC. The lowest BCUT2D eigenvalue weighted by molar-refractivity contribution is 0.692. The van der Waals surface area contributed by atoms with Crippen LogP contribution in [0.1, 0.15) is 52.9 Å². The van der Waals surface area contributed by atoms with Gasteiger partial charge in [0.2, 0.25) is 0 Å². The van der Waals surface area contributed by atoms with Crippen molar-refractivity contribution in [2.75, 3.05) is 0 Å².